The number of para-hydroxylation sites is 1. The molecule has 0 saturated carbocycles. The van der Waals surface area contributed by atoms with Crippen molar-refractivity contribution in [2.45, 2.75) is 33.5 Å². The number of ether oxygens (including phenoxy) is 2. The predicted octanol–water partition coefficient (Wildman–Crippen LogP) is 4.11. The van der Waals surface area contributed by atoms with E-state index in [1.54, 1.807) is 31.2 Å². The number of nitrogens with one attached hydrogen (secondary N) is 2. The van der Waals surface area contributed by atoms with Crippen molar-refractivity contribution in [1.82, 2.24) is 10.9 Å². The van der Waals surface area contributed by atoms with Crippen molar-refractivity contribution < 1.29 is 19.1 Å². The molecule has 0 spiro atoms. The third kappa shape index (κ3) is 6.09. The zero-order valence-corrected chi connectivity index (χ0v) is 17.8. The predicted molar refractivity (Wildman–Crippen MR) is 119 cm³/mol. The summed E-state index contributed by atoms with van der Waals surface area (Å²) in [7, 11) is 0. The van der Waals surface area contributed by atoms with Crippen LogP contribution < -0.4 is 20.3 Å². The van der Waals surface area contributed by atoms with E-state index < -0.39 is 17.9 Å². The lowest BCUT2D eigenvalue weighted by atomic mass is 10.1. The second kappa shape index (κ2) is 10.3. The first-order valence-electron chi connectivity index (χ1n) is 10.0. The maximum atomic E-state index is 12.6. The highest BCUT2D eigenvalue weighted by Gasteiger charge is 2.18. The number of rotatable bonds is 7. The fourth-order valence-corrected chi connectivity index (χ4v) is 2.88. The summed E-state index contributed by atoms with van der Waals surface area (Å²) < 4.78 is 11.6. The van der Waals surface area contributed by atoms with Crippen LogP contribution in [0.5, 0.6) is 11.5 Å². The van der Waals surface area contributed by atoms with Gasteiger partial charge in [-0.3, -0.25) is 20.4 Å². The van der Waals surface area contributed by atoms with Crippen LogP contribution in [0.4, 0.5) is 0 Å². The number of carbonyl (C=O) groups excluding carboxylic acids is 2. The third-order valence-corrected chi connectivity index (χ3v) is 4.68. The van der Waals surface area contributed by atoms with Crippen LogP contribution in [0.15, 0.2) is 72.8 Å². The fraction of sp³-hybridized carbons (Fsp3) is 0.200. The van der Waals surface area contributed by atoms with Gasteiger partial charge in [0.25, 0.3) is 11.8 Å². The number of aryl methyl sites for hydroxylation is 2. The number of hydrogen-bond acceptors (Lipinski definition) is 4. The maximum absolute atomic E-state index is 12.6. The monoisotopic (exact) mass is 418 g/mol. The molecule has 31 heavy (non-hydrogen) atoms. The Morgan fingerprint density at radius 1 is 0.871 bits per heavy atom. The van der Waals surface area contributed by atoms with E-state index >= 15 is 0 Å². The first-order valence-corrected chi connectivity index (χ1v) is 10.0. The minimum Gasteiger partial charge on any atom is -0.488 e. The minimum absolute atomic E-state index is 0.321. The van der Waals surface area contributed by atoms with Crippen molar-refractivity contribution in [2.75, 3.05) is 0 Å². The van der Waals surface area contributed by atoms with Gasteiger partial charge in [0.2, 0.25) is 0 Å². The molecule has 3 aromatic carbocycles. The van der Waals surface area contributed by atoms with Crippen molar-refractivity contribution >= 4 is 11.8 Å². The number of hydrogen-bond donors (Lipinski definition) is 2. The number of hydrazine groups is 1. The van der Waals surface area contributed by atoms with E-state index in [2.05, 4.69) is 10.9 Å². The van der Waals surface area contributed by atoms with Gasteiger partial charge in [0.1, 0.15) is 18.1 Å². The quantitative estimate of drug-likeness (QED) is 0.566. The molecule has 3 rings (SSSR count). The highest BCUT2D eigenvalue weighted by atomic mass is 16.5. The van der Waals surface area contributed by atoms with Crippen LogP contribution >= 0.6 is 0 Å². The molecule has 0 aliphatic rings. The van der Waals surface area contributed by atoms with Crippen LogP contribution in [-0.4, -0.2) is 17.9 Å². The van der Waals surface area contributed by atoms with Crippen molar-refractivity contribution in [3.8, 4) is 11.5 Å². The average Bonchev–Trinajstić information content (AvgIpc) is 2.79. The molecule has 0 aromatic heterocycles. The Hall–Kier alpha value is -3.80. The summed E-state index contributed by atoms with van der Waals surface area (Å²) in [6, 6.07) is 22.3. The maximum Gasteiger partial charge on any atom is 0.279 e. The smallest absolute Gasteiger partial charge is 0.279 e. The molecule has 0 heterocycles. The molecule has 2 N–H and O–H groups in total. The standard InChI is InChI=1S/C25H26N2O4/c1-17-13-14-18(2)23(15-17)31-19(3)24(28)26-27-25(29)21-11-7-8-12-22(21)30-16-20-9-5-4-6-10-20/h4-15,19H,16H2,1-3H3,(H,26,28)(H,27,29). The Balaban J connectivity index is 1.57. The summed E-state index contributed by atoms with van der Waals surface area (Å²) in [6.45, 7) is 5.82. The molecule has 0 radical (unpaired) electrons. The van der Waals surface area contributed by atoms with Crippen LogP contribution in [0.1, 0.15) is 34.0 Å². The van der Waals surface area contributed by atoms with Gasteiger partial charge in [-0.25, -0.2) is 0 Å². The Labute approximate surface area is 182 Å². The fourth-order valence-electron chi connectivity index (χ4n) is 2.88. The first-order chi connectivity index (χ1) is 14.9. The number of amides is 2. The zero-order valence-electron chi connectivity index (χ0n) is 17.8. The van der Waals surface area contributed by atoms with Crippen molar-refractivity contribution in [1.29, 1.82) is 0 Å². The number of benzene rings is 3. The van der Waals surface area contributed by atoms with Gasteiger partial charge in [-0.05, 0) is 55.7 Å². The number of carbonyl (C=O) groups is 2. The summed E-state index contributed by atoms with van der Waals surface area (Å²) in [6.07, 6.45) is -0.787. The molecule has 0 aliphatic heterocycles. The summed E-state index contributed by atoms with van der Waals surface area (Å²) in [5.41, 5.74) is 8.12. The van der Waals surface area contributed by atoms with Gasteiger partial charge < -0.3 is 9.47 Å². The van der Waals surface area contributed by atoms with E-state index in [4.69, 9.17) is 9.47 Å². The molecule has 160 valence electrons. The van der Waals surface area contributed by atoms with Crippen LogP contribution in [0.25, 0.3) is 0 Å². The summed E-state index contributed by atoms with van der Waals surface area (Å²) in [4.78, 5) is 25.0. The van der Waals surface area contributed by atoms with Gasteiger partial charge in [0, 0.05) is 0 Å². The minimum atomic E-state index is -0.787. The topological polar surface area (TPSA) is 76.7 Å². The van der Waals surface area contributed by atoms with Crippen LogP contribution in [0, 0.1) is 13.8 Å². The highest BCUT2D eigenvalue weighted by Crippen LogP contribution is 2.21. The molecular formula is C25H26N2O4. The van der Waals surface area contributed by atoms with E-state index in [0.717, 1.165) is 16.7 Å². The molecule has 0 aliphatic carbocycles. The van der Waals surface area contributed by atoms with E-state index in [1.807, 2.05) is 62.4 Å². The Morgan fingerprint density at radius 3 is 2.35 bits per heavy atom. The van der Waals surface area contributed by atoms with Crippen molar-refractivity contribution in [2.24, 2.45) is 0 Å². The molecule has 1 atom stereocenters. The largest absolute Gasteiger partial charge is 0.488 e. The molecule has 3 aromatic rings. The second-order valence-electron chi connectivity index (χ2n) is 7.24. The van der Waals surface area contributed by atoms with Gasteiger partial charge in [0.05, 0.1) is 5.56 Å². The lowest BCUT2D eigenvalue weighted by molar-refractivity contribution is -0.128. The lowest BCUT2D eigenvalue weighted by Gasteiger charge is -2.17. The molecule has 2 amide bonds. The van der Waals surface area contributed by atoms with Gasteiger partial charge in [0.15, 0.2) is 6.10 Å². The van der Waals surface area contributed by atoms with E-state index in [-0.39, 0.29) is 0 Å². The normalized spacial score (nSPS) is 11.3. The molecular weight excluding hydrogens is 392 g/mol. The Bertz CT molecular complexity index is 1050. The van der Waals surface area contributed by atoms with Gasteiger partial charge in [-0.1, -0.05) is 54.6 Å². The summed E-state index contributed by atoms with van der Waals surface area (Å²) in [5, 5.41) is 0. The SMILES string of the molecule is Cc1ccc(C)c(OC(C)C(=O)NNC(=O)c2ccccc2OCc2ccccc2)c1. The second-order valence-corrected chi connectivity index (χ2v) is 7.24. The molecule has 0 bridgehead atoms. The summed E-state index contributed by atoms with van der Waals surface area (Å²) in [5.74, 6) is 0.124. The van der Waals surface area contributed by atoms with Crippen LogP contribution in [0.3, 0.4) is 0 Å². The molecule has 1 unspecified atom stereocenters. The first kappa shape index (κ1) is 21.9. The van der Waals surface area contributed by atoms with Gasteiger partial charge in [-0.15, -0.1) is 0 Å². The van der Waals surface area contributed by atoms with Crippen LogP contribution in [0.2, 0.25) is 0 Å². The molecule has 0 fully saturated rings. The lowest BCUT2D eigenvalue weighted by Crippen LogP contribution is -2.47. The van der Waals surface area contributed by atoms with Gasteiger partial charge in [-0.2, -0.15) is 0 Å². The van der Waals surface area contributed by atoms with Crippen molar-refractivity contribution in [3.05, 3.63) is 95.1 Å². The van der Waals surface area contributed by atoms with E-state index in [0.29, 0.717) is 23.7 Å². The van der Waals surface area contributed by atoms with Gasteiger partial charge >= 0.3 is 0 Å². The third-order valence-electron chi connectivity index (χ3n) is 4.68. The molecule has 6 heteroatoms. The average molecular weight is 418 g/mol. The molecule has 6 nitrogen and oxygen atoms in total. The van der Waals surface area contributed by atoms with E-state index in [9.17, 15) is 9.59 Å². The van der Waals surface area contributed by atoms with E-state index in [1.165, 1.54) is 0 Å². The zero-order chi connectivity index (χ0) is 22.2. The van der Waals surface area contributed by atoms with Crippen molar-refractivity contribution in [3.63, 3.8) is 0 Å². The highest BCUT2D eigenvalue weighted by molar-refractivity contribution is 5.98. The summed E-state index contributed by atoms with van der Waals surface area (Å²) >= 11 is 0. The molecule has 0 saturated heterocycles. The Kier molecular flexibility index (Phi) is 7.27. The van der Waals surface area contributed by atoms with Crippen LogP contribution in [-0.2, 0) is 11.4 Å². The Morgan fingerprint density at radius 2 is 1.58 bits per heavy atom.